The summed E-state index contributed by atoms with van der Waals surface area (Å²) in [6, 6.07) is 20.2. The lowest BCUT2D eigenvalue weighted by Crippen LogP contribution is -2.37. The van der Waals surface area contributed by atoms with E-state index in [0.717, 1.165) is 22.2 Å². The molecule has 39 heavy (non-hydrogen) atoms. The second-order valence-electron chi connectivity index (χ2n) is 8.71. The summed E-state index contributed by atoms with van der Waals surface area (Å²) < 4.78 is 11.2. The average Bonchev–Trinajstić information content (AvgIpc) is 2.94. The summed E-state index contributed by atoms with van der Waals surface area (Å²) in [6.07, 6.45) is 3.00. The molecule has 1 heterocycles. The zero-order valence-corrected chi connectivity index (χ0v) is 23.2. The van der Waals surface area contributed by atoms with Gasteiger partial charge in [0.25, 0.3) is 0 Å². The second kappa shape index (κ2) is 12.7. The number of halogens is 2. The average molecular weight is 564 g/mol. The maximum Gasteiger partial charge on any atom is 0.246 e. The van der Waals surface area contributed by atoms with E-state index in [1.807, 2.05) is 55.5 Å². The van der Waals surface area contributed by atoms with Crippen LogP contribution in [-0.4, -0.2) is 37.5 Å². The molecule has 200 valence electrons. The SMILES string of the molecule is COc1cccc(C=CC(=O)NCC(=O)N(C)c2ccc(Cl)c(COc3cccc4ccc(C)nc34)c2Cl)c1. The molecule has 0 aliphatic heterocycles. The molecule has 2 amide bonds. The van der Waals surface area contributed by atoms with Crippen LogP contribution in [0.5, 0.6) is 11.5 Å². The van der Waals surface area contributed by atoms with E-state index in [0.29, 0.717) is 27.8 Å². The number of ether oxygens (including phenoxy) is 2. The normalized spacial score (nSPS) is 11.0. The lowest BCUT2D eigenvalue weighted by atomic mass is 10.1. The first-order valence-corrected chi connectivity index (χ1v) is 12.8. The summed E-state index contributed by atoms with van der Waals surface area (Å²) in [7, 11) is 3.15. The minimum atomic E-state index is -0.408. The molecule has 3 aromatic carbocycles. The van der Waals surface area contributed by atoms with Crippen molar-refractivity contribution in [3.05, 3.63) is 99.7 Å². The third-order valence-electron chi connectivity index (χ3n) is 6.03. The third-order valence-corrected chi connectivity index (χ3v) is 6.81. The van der Waals surface area contributed by atoms with Gasteiger partial charge in [0.05, 0.1) is 24.4 Å². The number of nitrogens with zero attached hydrogens (tertiary/aromatic N) is 2. The van der Waals surface area contributed by atoms with Crippen LogP contribution in [-0.2, 0) is 16.2 Å². The molecule has 9 heteroatoms. The van der Waals surface area contributed by atoms with E-state index in [1.54, 1.807) is 38.4 Å². The minimum absolute atomic E-state index is 0.0775. The van der Waals surface area contributed by atoms with Crippen LogP contribution in [0.25, 0.3) is 17.0 Å². The number of carbonyl (C=O) groups is 2. The van der Waals surface area contributed by atoms with E-state index in [1.165, 1.54) is 11.0 Å². The molecule has 0 unspecified atom stereocenters. The number of rotatable bonds is 9. The second-order valence-corrected chi connectivity index (χ2v) is 9.49. The Kier molecular flexibility index (Phi) is 9.07. The predicted molar refractivity (Wildman–Crippen MR) is 156 cm³/mol. The van der Waals surface area contributed by atoms with Crippen LogP contribution >= 0.6 is 23.2 Å². The number of carbonyl (C=O) groups excluding carboxylic acids is 2. The molecular formula is C30H27Cl2N3O4. The highest BCUT2D eigenvalue weighted by Gasteiger charge is 2.19. The molecule has 0 fully saturated rings. The monoisotopic (exact) mass is 563 g/mol. The number of aromatic nitrogens is 1. The van der Waals surface area contributed by atoms with Crippen LogP contribution in [0.3, 0.4) is 0 Å². The number of fused-ring (bicyclic) bond motifs is 1. The Hall–Kier alpha value is -4.07. The lowest BCUT2D eigenvalue weighted by Gasteiger charge is -2.21. The van der Waals surface area contributed by atoms with Crippen molar-refractivity contribution in [1.82, 2.24) is 10.3 Å². The van der Waals surface area contributed by atoms with E-state index < -0.39 is 5.91 Å². The van der Waals surface area contributed by atoms with E-state index >= 15 is 0 Å². The predicted octanol–water partition coefficient (Wildman–Crippen LogP) is 6.23. The van der Waals surface area contributed by atoms with Crippen LogP contribution in [0.4, 0.5) is 5.69 Å². The Bertz CT molecular complexity index is 1560. The van der Waals surface area contributed by atoms with E-state index in [4.69, 9.17) is 32.7 Å². The number of pyridine rings is 1. The molecule has 0 aliphatic carbocycles. The van der Waals surface area contributed by atoms with Crippen LogP contribution in [0.2, 0.25) is 10.0 Å². The van der Waals surface area contributed by atoms with Crippen LogP contribution in [0.1, 0.15) is 16.8 Å². The van der Waals surface area contributed by atoms with E-state index in [9.17, 15) is 9.59 Å². The van der Waals surface area contributed by atoms with Crippen LogP contribution in [0.15, 0.2) is 72.8 Å². The first-order valence-electron chi connectivity index (χ1n) is 12.1. The maximum absolute atomic E-state index is 12.9. The van der Waals surface area contributed by atoms with Gasteiger partial charge in [0.2, 0.25) is 11.8 Å². The highest BCUT2D eigenvalue weighted by atomic mass is 35.5. The molecular weight excluding hydrogens is 537 g/mol. The van der Waals surface area contributed by atoms with Crippen molar-refractivity contribution in [2.75, 3.05) is 25.6 Å². The Morgan fingerprint density at radius 2 is 1.85 bits per heavy atom. The summed E-state index contributed by atoms with van der Waals surface area (Å²) in [5.41, 5.74) is 3.39. The number of anilines is 1. The lowest BCUT2D eigenvalue weighted by molar-refractivity contribution is -0.122. The van der Waals surface area contributed by atoms with E-state index in [-0.39, 0.29) is 24.1 Å². The highest BCUT2D eigenvalue weighted by Crippen LogP contribution is 2.35. The zero-order chi connectivity index (χ0) is 27.9. The van der Waals surface area contributed by atoms with Gasteiger partial charge in [-0.1, -0.05) is 53.5 Å². The molecule has 0 saturated carbocycles. The Balaban J connectivity index is 1.42. The summed E-state index contributed by atoms with van der Waals surface area (Å²) in [6.45, 7) is 1.78. The van der Waals surface area contributed by atoms with Crippen molar-refractivity contribution < 1.29 is 19.1 Å². The molecule has 0 aliphatic rings. The largest absolute Gasteiger partial charge is 0.497 e. The number of nitrogens with one attached hydrogen (secondary N) is 1. The number of hydrogen-bond acceptors (Lipinski definition) is 5. The summed E-state index contributed by atoms with van der Waals surface area (Å²) in [4.78, 5) is 31.1. The molecule has 0 bridgehead atoms. The number of likely N-dealkylation sites (N-methyl/N-ethyl adjacent to an activating group) is 1. The Morgan fingerprint density at radius 1 is 1.05 bits per heavy atom. The molecule has 0 saturated heterocycles. The van der Waals surface area contributed by atoms with Gasteiger partial charge in [0, 0.05) is 34.8 Å². The molecule has 4 rings (SSSR count). The van der Waals surface area contributed by atoms with Gasteiger partial charge in [-0.05, 0) is 55.0 Å². The van der Waals surface area contributed by atoms with Gasteiger partial charge in [0.15, 0.2) is 0 Å². The Morgan fingerprint density at radius 3 is 2.64 bits per heavy atom. The van der Waals surface area contributed by atoms with Gasteiger partial charge in [-0.25, -0.2) is 4.98 Å². The first-order chi connectivity index (χ1) is 18.8. The number of para-hydroxylation sites is 1. The topological polar surface area (TPSA) is 80.8 Å². The number of hydrogen-bond donors (Lipinski definition) is 1. The third kappa shape index (κ3) is 6.88. The van der Waals surface area contributed by atoms with Crippen molar-refractivity contribution in [2.24, 2.45) is 0 Å². The quantitative estimate of drug-likeness (QED) is 0.244. The van der Waals surface area contributed by atoms with Gasteiger partial charge < -0.3 is 19.7 Å². The van der Waals surface area contributed by atoms with Gasteiger partial charge in [-0.2, -0.15) is 0 Å². The van der Waals surface area contributed by atoms with Crippen LogP contribution in [0, 0.1) is 6.92 Å². The molecule has 0 atom stereocenters. The molecule has 7 nitrogen and oxygen atoms in total. The fourth-order valence-electron chi connectivity index (χ4n) is 3.85. The number of benzene rings is 3. The van der Waals surface area contributed by atoms with Crippen molar-refractivity contribution in [3.8, 4) is 11.5 Å². The summed E-state index contributed by atoms with van der Waals surface area (Å²) in [5, 5.41) is 4.24. The number of methoxy groups -OCH3 is 1. The van der Waals surface area contributed by atoms with Crippen molar-refractivity contribution >= 4 is 57.7 Å². The maximum atomic E-state index is 12.9. The van der Waals surface area contributed by atoms with E-state index in [2.05, 4.69) is 10.3 Å². The molecule has 4 aromatic rings. The van der Waals surface area contributed by atoms with Gasteiger partial charge >= 0.3 is 0 Å². The zero-order valence-electron chi connectivity index (χ0n) is 21.7. The van der Waals surface area contributed by atoms with Crippen molar-refractivity contribution in [2.45, 2.75) is 13.5 Å². The Labute approximate surface area is 237 Å². The van der Waals surface area contributed by atoms with Gasteiger partial charge in [-0.15, -0.1) is 0 Å². The number of aryl methyl sites for hydroxylation is 1. The standard InChI is InChI=1S/C30H27Cl2N3O4/c1-19-10-12-21-7-5-9-26(30(21)34-19)39-18-23-24(31)13-14-25(29(23)32)35(2)28(37)17-33-27(36)15-11-20-6-4-8-22(16-20)38-3/h4-16H,17-18H2,1-3H3,(H,33,36). The van der Waals surface area contributed by atoms with Gasteiger partial charge in [-0.3, -0.25) is 9.59 Å². The van der Waals surface area contributed by atoms with Crippen LogP contribution < -0.4 is 19.7 Å². The minimum Gasteiger partial charge on any atom is -0.497 e. The summed E-state index contributed by atoms with van der Waals surface area (Å²) >= 11 is 13.1. The number of amides is 2. The van der Waals surface area contributed by atoms with Crippen molar-refractivity contribution in [3.63, 3.8) is 0 Å². The fourth-order valence-corrected chi connectivity index (χ4v) is 4.46. The highest BCUT2D eigenvalue weighted by molar-refractivity contribution is 6.38. The summed E-state index contributed by atoms with van der Waals surface area (Å²) in [5.74, 6) is 0.517. The van der Waals surface area contributed by atoms with Crippen molar-refractivity contribution in [1.29, 1.82) is 0 Å². The molecule has 1 N–H and O–H groups in total. The molecule has 1 aromatic heterocycles. The first kappa shape index (κ1) is 28.0. The smallest absolute Gasteiger partial charge is 0.246 e. The molecule has 0 radical (unpaired) electrons. The fraction of sp³-hybridized carbons (Fsp3) is 0.167. The van der Waals surface area contributed by atoms with Gasteiger partial charge in [0.1, 0.15) is 23.6 Å². The molecule has 0 spiro atoms.